The predicted molar refractivity (Wildman–Crippen MR) is 310 cm³/mol. The number of hydrogen-bond acceptors (Lipinski definition) is 3. The molecule has 11 aromatic carbocycles. The van der Waals surface area contributed by atoms with E-state index >= 15 is 0 Å². The number of rotatable bonds is 8. The molecule has 75 heavy (non-hydrogen) atoms. The number of para-hydroxylation sites is 3. The van der Waals surface area contributed by atoms with Gasteiger partial charge in [0.2, 0.25) is 5.95 Å². The lowest BCUT2D eigenvalue weighted by Crippen LogP contribution is -2.07. The average Bonchev–Trinajstić information content (AvgIpc) is 4.18. The minimum atomic E-state index is 0.535. The predicted octanol–water partition coefficient (Wildman–Crippen LogP) is 17.5. The van der Waals surface area contributed by atoms with E-state index in [0.29, 0.717) is 17.6 Å². The van der Waals surface area contributed by atoms with E-state index in [1.165, 1.54) is 32.8 Å². The highest BCUT2D eigenvalue weighted by molar-refractivity contribution is 6.24. The highest BCUT2D eigenvalue weighted by Gasteiger charge is 2.25. The molecule has 0 amide bonds. The molecule has 0 atom stereocenters. The number of nitrogens with zero attached hydrogens (tertiary/aromatic N) is 6. The lowest BCUT2D eigenvalue weighted by atomic mass is 9.99. The zero-order chi connectivity index (χ0) is 49.4. The first kappa shape index (κ1) is 42.5. The van der Waals surface area contributed by atoms with Crippen LogP contribution in [-0.4, -0.2) is 28.7 Å². The molecule has 4 aromatic heterocycles. The molecule has 0 unspecified atom stereocenters. The SMILES string of the molecule is c1ccc(-c2ccc(-c3ccc(-c4nc(-c5ccccc5)nc(-n5c6ccc(-n7c8ccccc8c8ccccc87)cc6c6ccc7c8ccccc8n(-c8ccc(-c9ccccc9)cc8)c7c65)n4)cc3)cc2)cc1. The van der Waals surface area contributed by atoms with Crippen LogP contribution in [0.1, 0.15) is 0 Å². The zero-order valence-electron chi connectivity index (χ0n) is 40.6. The van der Waals surface area contributed by atoms with E-state index in [1.54, 1.807) is 0 Å². The van der Waals surface area contributed by atoms with Gasteiger partial charge in [0.25, 0.3) is 0 Å². The standard InChI is InChI=1S/C69H44N6/c1-4-16-45(17-5-1)47-28-30-48(31-29-47)49-32-34-52(35-33-49)68-70-67(51-20-8-3-9-21-51)71-69(72-68)75-64-43-40-54(73-61-25-13-10-22-55(61)56-23-11-14-26-62(56)73)44-60(64)59-42-41-58-57-24-12-15-27-63(57)74(65(58)66(59)75)53-38-36-50(37-39-53)46-18-6-2-7-19-46/h1-44H. The van der Waals surface area contributed by atoms with E-state index in [-0.39, 0.29) is 0 Å². The van der Waals surface area contributed by atoms with Gasteiger partial charge < -0.3 is 9.13 Å². The van der Waals surface area contributed by atoms with Crippen molar-refractivity contribution in [1.82, 2.24) is 28.7 Å². The topological polar surface area (TPSA) is 53.5 Å². The molecule has 15 rings (SSSR count). The van der Waals surface area contributed by atoms with Crippen molar-refractivity contribution >= 4 is 65.4 Å². The van der Waals surface area contributed by atoms with Crippen molar-refractivity contribution in [3.05, 3.63) is 267 Å². The Morgan fingerprint density at radius 3 is 1.08 bits per heavy atom. The minimum Gasteiger partial charge on any atom is -0.309 e. The first-order valence-corrected chi connectivity index (χ1v) is 25.4. The number of hydrogen-bond donors (Lipinski definition) is 0. The molecular formula is C69H44N6. The van der Waals surface area contributed by atoms with Crippen LogP contribution >= 0.6 is 0 Å². The van der Waals surface area contributed by atoms with Gasteiger partial charge in [-0.25, -0.2) is 4.98 Å². The Morgan fingerprint density at radius 2 is 0.560 bits per heavy atom. The minimum absolute atomic E-state index is 0.535. The lowest BCUT2D eigenvalue weighted by Gasteiger charge is -2.14. The molecule has 0 aliphatic rings. The fourth-order valence-corrected chi connectivity index (χ4v) is 11.4. The smallest absolute Gasteiger partial charge is 0.238 e. The van der Waals surface area contributed by atoms with E-state index < -0.39 is 0 Å². The summed E-state index contributed by atoms with van der Waals surface area (Å²) in [5.74, 6) is 1.72. The van der Waals surface area contributed by atoms with Gasteiger partial charge in [0.05, 0.1) is 33.1 Å². The summed E-state index contributed by atoms with van der Waals surface area (Å²) in [5.41, 5.74) is 17.4. The van der Waals surface area contributed by atoms with Gasteiger partial charge in [-0.1, -0.05) is 218 Å². The molecule has 0 fully saturated rings. The largest absolute Gasteiger partial charge is 0.309 e. The first-order valence-electron chi connectivity index (χ1n) is 25.4. The van der Waals surface area contributed by atoms with Crippen LogP contribution in [0.5, 0.6) is 0 Å². The number of aromatic nitrogens is 6. The van der Waals surface area contributed by atoms with Crippen molar-refractivity contribution in [1.29, 1.82) is 0 Å². The second kappa shape index (κ2) is 17.3. The summed E-state index contributed by atoms with van der Waals surface area (Å²) < 4.78 is 7.11. The summed E-state index contributed by atoms with van der Waals surface area (Å²) in [4.78, 5) is 16.2. The van der Waals surface area contributed by atoms with Crippen LogP contribution in [-0.2, 0) is 0 Å². The highest BCUT2D eigenvalue weighted by Crippen LogP contribution is 2.43. The van der Waals surface area contributed by atoms with Gasteiger partial charge in [-0.3, -0.25) is 4.57 Å². The first-order chi connectivity index (χ1) is 37.2. The third-order valence-electron chi connectivity index (χ3n) is 14.9. The summed E-state index contributed by atoms with van der Waals surface area (Å²) in [6.45, 7) is 0. The third-order valence-corrected chi connectivity index (χ3v) is 14.9. The van der Waals surface area contributed by atoms with Crippen molar-refractivity contribution in [2.45, 2.75) is 0 Å². The summed E-state index contributed by atoms with van der Waals surface area (Å²) in [5, 5.41) is 6.94. The Kier molecular flexibility index (Phi) is 9.78. The molecule has 4 heterocycles. The molecule has 0 saturated carbocycles. The zero-order valence-corrected chi connectivity index (χ0v) is 40.6. The Bertz CT molecular complexity index is 4600. The van der Waals surface area contributed by atoms with Crippen LogP contribution in [0.25, 0.3) is 139 Å². The van der Waals surface area contributed by atoms with E-state index in [1.807, 2.05) is 18.2 Å². The van der Waals surface area contributed by atoms with Crippen molar-refractivity contribution in [2.24, 2.45) is 0 Å². The van der Waals surface area contributed by atoms with Crippen LogP contribution in [0, 0.1) is 0 Å². The van der Waals surface area contributed by atoms with Crippen LogP contribution < -0.4 is 0 Å². The summed E-state index contributed by atoms with van der Waals surface area (Å²) in [6.07, 6.45) is 0. The van der Waals surface area contributed by atoms with E-state index in [2.05, 4.69) is 262 Å². The maximum absolute atomic E-state index is 5.51. The maximum atomic E-state index is 5.51. The Labute approximate surface area is 432 Å². The summed E-state index contributed by atoms with van der Waals surface area (Å²) in [6, 6.07) is 95.2. The molecule has 0 spiro atoms. The van der Waals surface area contributed by atoms with Crippen molar-refractivity contribution < 1.29 is 0 Å². The highest BCUT2D eigenvalue weighted by atomic mass is 15.2. The monoisotopic (exact) mass is 956 g/mol. The van der Waals surface area contributed by atoms with Gasteiger partial charge in [-0.2, -0.15) is 9.97 Å². The van der Waals surface area contributed by atoms with Gasteiger partial charge in [0.15, 0.2) is 11.6 Å². The molecule has 0 aliphatic heterocycles. The van der Waals surface area contributed by atoms with Gasteiger partial charge in [-0.05, 0) is 81.9 Å². The van der Waals surface area contributed by atoms with Crippen LogP contribution in [0.2, 0.25) is 0 Å². The number of benzene rings is 11. The fourth-order valence-electron chi connectivity index (χ4n) is 11.4. The fraction of sp³-hybridized carbons (Fsp3) is 0. The quantitative estimate of drug-likeness (QED) is 0.152. The van der Waals surface area contributed by atoms with Crippen molar-refractivity contribution in [3.63, 3.8) is 0 Å². The molecule has 350 valence electrons. The molecule has 0 aliphatic carbocycles. The van der Waals surface area contributed by atoms with Gasteiger partial charge in [-0.15, -0.1) is 0 Å². The van der Waals surface area contributed by atoms with Crippen molar-refractivity contribution in [3.8, 4) is 73.5 Å². The van der Waals surface area contributed by atoms with E-state index in [4.69, 9.17) is 15.0 Å². The molecule has 6 nitrogen and oxygen atoms in total. The van der Waals surface area contributed by atoms with E-state index in [0.717, 1.165) is 88.5 Å². The molecule has 0 N–H and O–H groups in total. The van der Waals surface area contributed by atoms with Crippen molar-refractivity contribution in [2.75, 3.05) is 0 Å². The molecule has 0 radical (unpaired) electrons. The van der Waals surface area contributed by atoms with Crippen LogP contribution in [0.3, 0.4) is 0 Å². The van der Waals surface area contributed by atoms with E-state index in [9.17, 15) is 0 Å². The third kappa shape index (κ3) is 6.99. The summed E-state index contributed by atoms with van der Waals surface area (Å²) in [7, 11) is 0. The van der Waals surface area contributed by atoms with Gasteiger partial charge in [0, 0.05) is 54.8 Å². The molecular weight excluding hydrogens is 913 g/mol. The van der Waals surface area contributed by atoms with Gasteiger partial charge >= 0.3 is 0 Å². The molecule has 0 saturated heterocycles. The number of fused-ring (bicyclic) bond motifs is 10. The second-order valence-corrected chi connectivity index (χ2v) is 19.2. The Balaban J connectivity index is 0.987. The second-order valence-electron chi connectivity index (χ2n) is 19.2. The molecule has 0 bridgehead atoms. The van der Waals surface area contributed by atoms with Gasteiger partial charge in [0.1, 0.15) is 0 Å². The van der Waals surface area contributed by atoms with Crippen LogP contribution in [0.4, 0.5) is 0 Å². The Hall–Kier alpha value is -10.2. The molecule has 15 aromatic rings. The van der Waals surface area contributed by atoms with Crippen LogP contribution in [0.15, 0.2) is 267 Å². The maximum Gasteiger partial charge on any atom is 0.238 e. The molecule has 6 heteroatoms. The Morgan fingerprint density at radius 1 is 0.213 bits per heavy atom. The summed E-state index contributed by atoms with van der Waals surface area (Å²) >= 11 is 0. The lowest BCUT2D eigenvalue weighted by molar-refractivity contribution is 0.953. The average molecular weight is 957 g/mol. The normalized spacial score (nSPS) is 11.7.